The predicted molar refractivity (Wildman–Crippen MR) is 64.3 cm³/mol. The molecule has 0 unspecified atom stereocenters. The first-order valence-corrected chi connectivity index (χ1v) is 5.28. The Hall–Kier alpha value is -1.87. The van der Waals surface area contributed by atoms with Gasteiger partial charge in [-0.05, 0) is 17.7 Å². The van der Waals surface area contributed by atoms with Crippen LogP contribution in [0.1, 0.15) is 0 Å². The van der Waals surface area contributed by atoms with E-state index in [1.165, 1.54) is 0 Å². The van der Waals surface area contributed by atoms with Crippen LogP contribution in [0.4, 0.5) is 0 Å². The summed E-state index contributed by atoms with van der Waals surface area (Å²) in [5, 5.41) is 1.24. The smallest absolute Gasteiger partial charge is 0.224 e. The van der Waals surface area contributed by atoms with Gasteiger partial charge in [0, 0.05) is 17.1 Å². The molecule has 2 aromatic heterocycles. The van der Waals surface area contributed by atoms with Crippen LogP contribution in [-0.2, 0) is 0 Å². The van der Waals surface area contributed by atoms with E-state index in [4.69, 9.17) is 11.6 Å². The van der Waals surface area contributed by atoms with Crippen molar-refractivity contribution in [2.24, 2.45) is 0 Å². The zero-order valence-electron chi connectivity index (χ0n) is 8.31. The Bertz CT molecular complexity index is 631. The van der Waals surface area contributed by atoms with Gasteiger partial charge >= 0.3 is 0 Å². The maximum absolute atomic E-state index is 5.89. The van der Waals surface area contributed by atoms with E-state index in [9.17, 15) is 0 Å². The van der Waals surface area contributed by atoms with Gasteiger partial charge in [0.15, 0.2) is 0 Å². The van der Waals surface area contributed by atoms with Crippen molar-refractivity contribution in [2.75, 3.05) is 0 Å². The Balaban J connectivity index is 2.34. The SMILES string of the molecule is Clc1nc(-c2ccccc2)c2cc[nH]c2n1. The molecule has 3 aromatic rings. The Morgan fingerprint density at radius 1 is 1.00 bits per heavy atom. The van der Waals surface area contributed by atoms with Crippen molar-refractivity contribution in [3.63, 3.8) is 0 Å². The molecule has 0 aliphatic heterocycles. The average Bonchev–Trinajstić information content (AvgIpc) is 2.77. The zero-order chi connectivity index (χ0) is 11.0. The molecule has 78 valence electrons. The third kappa shape index (κ3) is 1.46. The molecule has 16 heavy (non-hydrogen) atoms. The van der Waals surface area contributed by atoms with Crippen molar-refractivity contribution in [1.29, 1.82) is 0 Å². The molecule has 2 heterocycles. The molecule has 0 amide bonds. The molecule has 0 saturated heterocycles. The summed E-state index contributed by atoms with van der Waals surface area (Å²) in [4.78, 5) is 11.4. The molecule has 0 aliphatic carbocycles. The molecule has 0 radical (unpaired) electrons. The number of nitrogens with zero attached hydrogens (tertiary/aromatic N) is 2. The molecule has 0 spiro atoms. The van der Waals surface area contributed by atoms with Crippen LogP contribution in [0.2, 0.25) is 5.28 Å². The molecule has 1 aromatic carbocycles. The normalized spacial score (nSPS) is 10.8. The van der Waals surface area contributed by atoms with Crippen LogP contribution < -0.4 is 0 Å². The Morgan fingerprint density at radius 3 is 2.62 bits per heavy atom. The van der Waals surface area contributed by atoms with Crippen molar-refractivity contribution < 1.29 is 0 Å². The van der Waals surface area contributed by atoms with Crippen molar-refractivity contribution >= 4 is 22.6 Å². The zero-order valence-corrected chi connectivity index (χ0v) is 9.07. The summed E-state index contributed by atoms with van der Waals surface area (Å²) in [5.74, 6) is 0. The highest BCUT2D eigenvalue weighted by molar-refractivity contribution is 6.28. The van der Waals surface area contributed by atoms with Crippen LogP contribution in [0.3, 0.4) is 0 Å². The van der Waals surface area contributed by atoms with Gasteiger partial charge in [-0.2, -0.15) is 4.98 Å². The standard InChI is InChI=1S/C12H8ClN3/c13-12-15-10(8-4-2-1-3-5-8)9-6-7-14-11(9)16-12/h1-7H,(H,14,15,16). The van der Waals surface area contributed by atoms with Gasteiger partial charge < -0.3 is 4.98 Å². The summed E-state index contributed by atoms with van der Waals surface area (Å²) in [6.07, 6.45) is 1.84. The lowest BCUT2D eigenvalue weighted by atomic mass is 10.1. The summed E-state index contributed by atoms with van der Waals surface area (Å²) < 4.78 is 0. The molecule has 4 heteroatoms. The first kappa shape index (κ1) is 9.36. The van der Waals surface area contributed by atoms with Gasteiger partial charge in [-0.3, -0.25) is 0 Å². The van der Waals surface area contributed by atoms with Crippen molar-refractivity contribution in [3.8, 4) is 11.3 Å². The summed E-state index contributed by atoms with van der Waals surface area (Å²) in [7, 11) is 0. The van der Waals surface area contributed by atoms with Gasteiger partial charge in [0.2, 0.25) is 5.28 Å². The molecule has 1 N–H and O–H groups in total. The van der Waals surface area contributed by atoms with E-state index < -0.39 is 0 Å². The Labute approximate surface area is 97.1 Å². The quantitative estimate of drug-likeness (QED) is 0.651. The number of rotatable bonds is 1. The van der Waals surface area contributed by atoms with Crippen molar-refractivity contribution in [1.82, 2.24) is 15.0 Å². The van der Waals surface area contributed by atoms with Gasteiger partial charge in [0.1, 0.15) is 5.65 Å². The molecule has 0 atom stereocenters. The third-order valence-corrected chi connectivity index (χ3v) is 2.60. The molecular weight excluding hydrogens is 222 g/mol. The number of fused-ring (bicyclic) bond motifs is 1. The number of hydrogen-bond donors (Lipinski definition) is 1. The van der Waals surface area contributed by atoms with E-state index in [1.54, 1.807) is 0 Å². The van der Waals surface area contributed by atoms with Crippen LogP contribution in [0.5, 0.6) is 0 Å². The van der Waals surface area contributed by atoms with Gasteiger partial charge in [-0.25, -0.2) is 4.98 Å². The summed E-state index contributed by atoms with van der Waals surface area (Å²) >= 11 is 5.89. The fourth-order valence-corrected chi connectivity index (χ4v) is 1.90. The molecule has 0 bridgehead atoms. The molecule has 3 nitrogen and oxygen atoms in total. The maximum Gasteiger partial charge on any atom is 0.224 e. The van der Waals surface area contributed by atoms with E-state index in [-0.39, 0.29) is 5.28 Å². The van der Waals surface area contributed by atoms with Gasteiger partial charge in [-0.15, -0.1) is 0 Å². The molecule has 0 fully saturated rings. The van der Waals surface area contributed by atoms with E-state index in [2.05, 4.69) is 15.0 Å². The van der Waals surface area contributed by atoms with Crippen LogP contribution >= 0.6 is 11.6 Å². The number of halogens is 1. The lowest BCUT2D eigenvalue weighted by Gasteiger charge is -2.02. The van der Waals surface area contributed by atoms with Gasteiger partial charge in [-0.1, -0.05) is 30.3 Å². The third-order valence-electron chi connectivity index (χ3n) is 2.44. The fourth-order valence-electron chi connectivity index (χ4n) is 1.73. The number of hydrogen-bond acceptors (Lipinski definition) is 2. The van der Waals surface area contributed by atoms with E-state index in [0.717, 1.165) is 22.3 Å². The molecular formula is C12H8ClN3. The monoisotopic (exact) mass is 229 g/mol. The first-order valence-electron chi connectivity index (χ1n) is 4.90. The highest BCUT2D eigenvalue weighted by Gasteiger charge is 2.08. The van der Waals surface area contributed by atoms with Crippen molar-refractivity contribution in [2.45, 2.75) is 0 Å². The second kappa shape index (κ2) is 3.61. The van der Waals surface area contributed by atoms with Crippen LogP contribution in [0.25, 0.3) is 22.3 Å². The number of H-pyrrole nitrogens is 1. The Kier molecular flexibility index (Phi) is 2.11. The lowest BCUT2D eigenvalue weighted by Crippen LogP contribution is -1.89. The largest absolute Gasteiger partial charge is 0.346 e. The summed E-state index contributed by atoms with van der Waals surface area (Å²) in [5.41, 5.74) is 2.66. The second-order valence-corrected chi connectivity index (χ2v) is 3.79. The minimum Gasteiger partial charge on any atom is -0.346 e. The summed E-state index contributed by atoms with van der Waals surface area (Å²) in [6, 6.07) is 11.9. The molecule has 0 saturated carbocycles. The summed E-state index contributed by atoms with van der Waals surface area (Å²) in [6.45, 7) is 0. The maximum atomic E-state index is 5.89. The highest BCUT2D eigenvalue weighted by atomic mass is 35.5. The number of aromatic nitrogens is 3. The number of aromatic amines is 1. The van der Waals surface area contributed by atoms with Crippen molar-refractivity contribution in [3.05, 3.63) is 47.9 Å². The fraction of sp³-hybridized carbons (Fsp3) is 0. The minimum absolute atomic E-state index is 0.258. The van der Waals surface area contributed by atoms with Crippen LogP contribution in [0.15, 0.2) is 42.6 Å². The lowest BCUT2D eigenvalue weighted by molar-refractivity contribution is 1.20. The minimum atomic E-state index is 0.258. The Morgan fingerprint density at radius 2 is 1.81 bits per heavy atom. The highest BCUT2D eigenvalue weighted by Crippen LogP contribution is 2.26. The number of nitrogens with one attached hydrogen (secondary N) is 1. The van der Waals surface area contributed by atoms with Gasteiger partial charge in [0.25, 0.3) is 0 Å². The first-order chi connectivity index (χ1) is 7.84. The van der Waals surface area contributed by atoms with E-state index >= 15 is 0 Å². The van der Waals surface area contributed by atoms with Crippen LogP contribution in [-0.4, -0.2) is 15.0 Å². The number of benzene rings is 1. The predicted octanol–water partition coefficient (Wildman–Crippen LogP) is 3.28. The molecule has 3 rings (SSSR count). The van der Waals surface area contributed by atoms with Gasteiger partial charge in [0.05, 0.1) is 5.69 Å². The van der Waals surface area contributed by atoms with E-state index in [1.807, 2.05) is 42.6 Å². The van der Waals surface area contributed by atoms with Crippen LogP contribution in [0, 0.1) is 0 Å². The molecule has 0 aliphatic rings. The average molecular weight is 230 g/mol. The second-order valence-electron chi connectivity index (χ2n) is 3.45. The topological polar surface area (TPSA) is 41.6 Å². The van der Waals surface area contributed by atoms with E-state index in [0.29, 0.717) is 0 Å².